The van der Waals surface area contributed by atoms with Crippen LogP contribution in [0.1, 0.15) is 44.0 Å². The van der Waals surface area contributed by atoms with Gasteiger partial charge in [-0.1, -0.05) is 20.8 Å². The molecule has 3 atom stereocenters. The van der Waals surface area contributed by atoms with Gasteiger partial charge in [0.15, 0.2) is 4.67 Å². The molecular weight excluding hydrogens is 338 g/mol. The molecule has 1 fully saturated rings. The quantitative estimate of drug-likeness (QED) is 0.869. The fourth-order valence-corrected chi connectivity index (χ4v) is 3.57. The summed E-state index contributed by atoms with van der Waals surface area (Å²) in [6.07, 6.45) is 2.70. The molecule has 21 heavy (non-hydrogen) atoms. The van der Waals surface area contributed by atoms with Crippen molar-refractivity contribution in [1.29, 1.82) is 0 Å². The molecule has 2 rings (SSSR count). The van der Waals surface area contributed by atoms with Crippen molar-refractivity contribution in [3.63, 3.8) is 0 Å². The van der Waals surface area contributed by atoms with E-state index in [-0.39, 0.29) is 29.2 Å². The van der Waals surface area contributed by atoms with E-state index in [1.807, 2.05) is 20.8 Å². The third-order valence-electron chi connectivity index (χ3n) is 4.92. The fourth-order valence-electron chi connectivity index (χ4n) is 3.14. The molecule has 0 saturated heterocycles. The van der Waals surface area contributed by atoms with Crippen LogP contribution in [-0.4, -0.2) is 23.0 Å². The molecule has 1 aromatic heterocycles. The fraction of sp³-hybridized carbons (Fsp3) is 0.600. The molecule has 0 aliphatic heterocycles. The van der Waals surface area contributed by atoms with Gasteiger partial charge in [-0.15, -0.1) is 0 Å². The predicted octanol–water partition coefficient (Wildman–Crippen LogP) is 3.30. The summed E-state index contributed by atoms with van der Waals surface area (Å²) < 4.78 is 5.48. The molecule has 1 amide bonds. The van der Waals surface area contributed by atoms with Gasteiger partial charge >= 0.3 is 5.97 Å². The molecule has 1 aliphatic carbocycles. The maximum Gasteiger partial charge on any atom is 0.307 e. The highest BCUT2D eigenvalue weighted by Crippen LogP contribution is 2.45. The van der Waals surface area contributed by atoms with Crippen molar-refractivity contribution in [3.8, 4) is 0 Å². The first-order valence-corrected chi connectivity index (χ1v) is 7.81. The number of halogens is 1. The van der Waals surface area contributed by atoms with E-state index in [1.165, 1.54) is 6.26 Å². The van der Waals surface area contributed by atoms with Crippen LogP contribution in [0, 0.1) is 17.3 Å². The molecule has 0 spiro atoms. The molecule has 1 heterocycles. The van der Waals surface area contributed by atoms with Crippen molar-refractivity contribution >= 4 is 27.8 Å². The summed E-state index contributed by atoms with van der Waals surface area (Å²) in [6, 6.07) is 1.57. The summed E-state index contributed by atoms with van der Waals surface area (Å²) in [5.74, 6) is -1.26. The van der Waals surface area contributed by atoms with Crippen LogP contribution in [-0.2, 0) is 4.79 Å². The maximum atomic E-state index is 12.2. The van der Waals surface area contributed by atoms with Crippen LogP contribution in [0.15, 0.2) is 21.4 Å². The molecular formula is C15H20BrNO4. The summed E-state index contributed by atoms with van der Waals surface area (Å²) in [6.45, 7) is 5.93. The van der Waals surface area contributed by atoms with Gasteiger partial charge in [0.2, 0.25) is 0 Å². The van der Waals surface area contributed by atoms with E-state index in [9.17, 15) is 14.7 Å². The smallest absolute Gasteiger partial charge is 0.307 e. The summed E-state index contributed by atoms with van der Waals surface area (Å²) in [5.41, 5.74) is 0.0933. The van der Waals surface area contributed by atoms with E-state index >= 15 is 0 Å². The second kappa shape index (κ2) is 5.83. The Bertz CT molecular complexity index is 552. The number of nitrogens with one attached hydrogen (secondary N) is 1. The van der Waals surface area contributed by atoms with Crippen molar-refractivity contribution in [2.24, 2.45) is 17.3 Å². The van der Waals surface area contributed by atoms with Crippen LogP contribution in [0.2, 0.25) is 0 Å². The second-order valence-corrected chi connectivity index (χ2v) is 6.99. The third kappa shape index (κ3) is 3.00. The average molecular weight is 358 g/mol. The third-order valence-corrected chi connectivity index (χ3v) is 5.53. The molecule has 6 heteroatoms. The summed E-state index contributed by atoms with van der Waals surface area (Å²) in [4.78, 5) is 23.6. The van der Waals surface area contributed by atoms with E-state index in [0.717, 1.165) is 0 Å². The molecule has 3 unspecified atom stereocenters. The highest BCUT2D eigenvalue weighted by Gasteiger charge is 2.46. The van der Waals surface area contributed by atoms with Crippen LogP contribution < -0.4 is 5.32 Å². The van der Waals surface area contributed by atoms with Crippen molar-refractivity contribution < 1.29 is 19.1 Å². The Hall–Kier alpha value is -1.30. The van der Waals surface area contributed by atoms with E-state index in [1.54, 1.807) is 6.07 Å². The predicted molar refractivity (Wildman–Crippen MR) is 81.0 cm³/mol. The van der Waals surface area contributed by atoms with Crippen LogP contribution in [0.3, 0.4) is 0 Å². The summed E-state index contributed by atoms with van der Waals surface area (Å²) in [7, 11) is 0. The van der Waals surface area contributed by atoms with Crippen LogP contribution in [0.25, 0.3) is 0 Å². The zero-order valence-corrected chi connectivity index (χ0v) is 13.9. The molecule has 1 saturated carbocycles. The lowest BCUT2D eigenvalue weighted by molar-refractivity contribution is -0.150. The summed E-state index contributed by atoms with van der Waals surface area (Å²) >= 11 is 3.19. The maximum absolute atomic E-state index is 12.2. The number of rotatable bonds is 3. The lowest BCUT2D eigenvalue weighted by Crippen LogP contribution is -2.52. The van der Waals surface area contributed by atoms with Crippen molar-refractivity contribution in [1.82, 2.24) is 5.32 Å². The van der Waals surface area contributed by atoms with Gasteiger partial charge in [0, 0.05) is 6.04 Å². The monoisotopic (exact) mass is 357 g/mol. The van der Waals surface area contributed by atoms with E-state index in [0.29, 0.717) is 23.1 Å². The minimum atomic E-state index is -0.755. The highest BCUT2D eigenvalue weighted by atomic mass is 79.9. The molecule has 1 aromatic rings. The molecule has 1 aliphatic rings. The first-order chi connectivity index (χ1) is 9.75. The second-order valence-electron chi connectivity index (χ2n) is 6.27. The standard InChI is InChI=1S/C15H20BrNO4/c1-8-11(5-4-10(14(19)20)15(8,2)3)17-13(18)9-6-7-21-12(9)16/h6-8,10-11H,4-5H2,1-3H3,(H,17,18)(H,19,20). The largest absolute Gasteiger partial charge is 0.481 e. The van der Waals surface area contributed by atoms with Gasteiger partial charge < -0.3 is 14.8 Å². The van der Waals surface area contributed by atoms with E-state index < -0.39 is 5.97 Å². The molecule has 116 valence electrons. The lowest BCUT2D eigenvalue weighted by Gasteiger charge is -2.46. The molecule has 0 radical (unpaired) electrons. The Morgan fingerprint density at radius 3 is 2.62 bits per heavy atom. The SMILES string of the molecule is CC1C(NC(=O)c2ccoc2Br)CCC(C(=O)O)C1(C)C. The number of carboxylic acid groups (broad SMARTS) is 1. The topological polar surface area (TPSA) is 79.5 Å². The average Bonchev–Trinajstić information content (AvgIpc) is 2.81. The van der Waals surface area contributed by atoms with Crippen molar-refractivity contribution in [2.45, 2.75) is 39.7 Å². The first-order valence-electron chi connectivity index (χ1n) is 7.01. The lowest BCUT2D eigenvalue weighted by atomic mass is 9.61. The van der Waals surface area contributed by atoms with Crippen molar-refractivity contribution in [3.05, 3.63) is 22.6 Å². The Balaban J connectivity index is 2.11. The van der Waals surface area contributed by atoms with Gasteiger partial charge in [-0.25, -0.2) is 0 Å². The van der Waals surface area contributed by atoms with Crippen molar-refractivity contribution in [2.75, 3.05) is 0 Å². The summed E-state index contributed by atoms with van der Waals surface area (Å²) in [5, 5.41) is 12.3. The molecule has 2 N–H and O–H groups in total. The van der Waals surface area contributed by atoms with Gasteiger partial charge in [0.25, 0.3) is 5.91 Å². The normalized spacial score (nSPS) is 28.1. The minimum Gasteiger partial charge on any atom is -0.481 e. The number of hydrogen-bond acceptors (Lipinski definition) is 3. The number of amides is 1. The number of carbonyl (C=O) groups excluding carboxylic acids is 1. The minimum absolute atomic E-state index is 0.0371. The zero-order valence-electron chi connectivity index (χ0n) is 12.4. The van der Waals surface area contributed by atoms with E-state index in [4.69, 9.17) is 4.42 Å². The first kappa shape index (κ1) is 16.1. The van der Waals surface area contributed by atoms with Crippen LogP contribution in [0.5, 0.6) is 0 Å². The highest BCUT2D eigenvalue weighted by molar-refractivity contribution is 9.10. The van der Waals surface area contributed by atoms with Gasteiger partial charge in [0.1, 0.15) is 0 Å². The number of carboxylic acids is 1. The Kier molecular flexibility index (Phi) is 4.46. The number of carbonyl (C=O) groups is 2. The molecule has 0 aromatic carbocycles. The van der Waals surface area contributed by atoms with E-state index in [2.05, 4.69) is 21.2 Å². The molecule has 0 bridgehead atoms. The Morgan fingerprint density at radius 1 is 1.43 bits per heavy atom. The van der Waals surface area contributed by atoms with Gasteiger partial charge in [-0.05, 0) is 46.2 Å². The number of furan rings is 1. The van der Waals surface area contributed by atoms with Gasteiger partial charge in [-0.3, -0.25) is 9.59 Å². The Morgan fingerprint density at radius 2 is 2.10 bits per heavy atom. The number of aliphatic carboxylic acids is 1. The van der Waals surface area contributed by atoms with Gasteiger partial charge in [0.05, 0.1) is 17.7 Å². The Labute approximate surface area is 132 Å². The molecule has 5 nitrogen and oxygen atoms in total. The number of hydrogen-bond donors (Lipinski definition) is 2. The zero-order chi connectivity index (χ0) is 15.8. The van der Waals surface area contributed by atoms with Gasteiger partial charge in [-0.2, -0.15) is 0 Å². The van der Waals surface area contributed by atoms with Crippen LogP contribution >= 0.6 is 15.9 Å². The van der Waals surface area contributed by atoms with Crippen LogP contribution in [0.4, 0.5) is 0 Å².